The van der Waals surface area contributed by atoms with E-state index in [1.165, 1.54) is 11.0 Å². The maximum Gasteiger partial charge on any atom is 0.434 e. The van der Waals surface area contributed by atoms with Crippen LogP contribution in [0.3, 0.4) is 0 Å². The van der Waals surface area contributed by atoms with Crippen LogP contribution in [-0.2, 0) is 21.1 Å². The van der Waals surface area contributed by atoms with Gasteiger partial charge in [-0.1, -0.05) is 0 Å². The molecule has 8 rings (SSSR count). The molecule has 2 aromatic rings. The van der Waals surface area contributed by atoms with Crippen molar-refractivity contribution >= 4 is 23.5 Å². The molecule has 0 radical (unpaired) electrons. The highest BCUT2D eigenvalue weighted by Crippen LogP contribution is 2.58. The number of amides is 1. The number of nitrogens with one attached hydrogen (secondary N) is 1. The normalized spacial score (nSPS) is 29.2. The molecule has 1 aromatic carbocycles. The molecule has 4 aliphatic carbocycles. The number of carboxylic acids is 1. The Morgan fingerprint density at radius 1 is 1.02 bits per heavy atom. The summed E-state index contributed by atoms with van der Waals surface area (Å²) in [7, 11) is 0. The molecule has 5 fully saturated rings. The first-order valence-corrected chi connectivity index (χ1v) is 15.9. The number of rotatable bonds is 7. The van der Waals surface area contributed by atoms with Crippen LogP contribution in [0.2, 0.25) is 0 Å². The molecule has 47 heavy (non-hydrogen) atoms. The van der Waals surface area contributed by atoms with E-state index in [0.29, 0.717) is 74.8 Å². The van der Waals surface area contributed by atoms with E-state index in [0.717, 1.165) is 12.6 Å². The molecule has 4 bridgehead atoms. The number of halogens is 6. The second-order valence-corrected chi connectivity index (χ2v) is 13.7. The van der Waals surface area contributed by atoms with Gasteiger partial charge < -0.3 is 24.8 Å². The van der Waals surface area contributed by atoms with Gasteiger partial charge in [0, 0.05) is 37.1 Å². The molecular weight excluding hydrogens is 634 g/mol. The number of carboxylic acid groups (broad SMARTS) is 1. The van der Waals surface area contributed by atoms with Crippen LogP contribution in [0.1, 0.15) is 73.0 Å². The first-order chi connectivity index (χ1) is 22.2. The minimum atomic E-state index is -5.07. The maximum absolute atomic E-state index is 14.6. The van der Waals surface area contributed by atoms with Crippen molar-refractivity contribution in [2.24, 2.45) is 23.7 Å². The predicted octanol–water partition coefficient (Wildman–Crippen LogP) is 6.04. The molecule has 1 amide bonds. The number of carbonyl (C=O) groups is 2. The van der Waals surface area contributed by atoms with E-state index < -0.39 is 59.5 Å². The van der Waals surface area contributed by atoms with E-state index in [2.05, 4.69) is 15.3 Å². The summed E-state index contributed by atoms with van der Waals surface area (Å²) >= 11 is 0. The van der Waals surface area contributed by atoms with Crippen LogP contribution in [0.4, 0.5) is 38.0 Å². The summed E-state index contributed by atoms with van der Waals surface area (Å²) in [5, 5.41) is 12.9. The first-order valence-electron chi connectivity index (χ1n) is 15.9. The van der Waals surface area contributed by atoms with Crippen molar-refractivity contribution in [3.8, 4) is 5.75 Å². The fourth-order valence-corrected chi connectivity index (χ4v) is 9.07. The van der Waals surface area contributed by atoms with Gasteiger partial charge in [0.15, 0.2) is 5.69 Å². The van der Waals surface area contributed by atoms with Crippen LogP contribution >= 0.6 is 0 Å². The average Bonchev–Trinajstić information content (AvgIpc) is 3.30. The zero-order chi connectivity index (χ0) is 33.4. The zero-order valence-corrected chi connectivity index (χ0v) is 25.3. The Kier molecular flexibility index (Phi) is 7.64. The molecule has 2 aliphatic heterocycles. The van der Waals surface area contributed by atoms with Crippen LogP contribution < -0.4 is 15.0 Å². The Hall–Kier alpha value is -3.62. The van der Waals surface area contributed by atoms with Gasteiger partial charge in [0.05, 0.1) is 18.6 Å². The van der Waals surface area contributed by atoms with E-state index in [4.69, 9.17) is 9.47 Å². The largest absolute Gasteiger partial charge is 0.493 e. The molecule has 1 saturated heterocycles. The van der Waals surface area contributed by atoms with Gasteiger partial charge in [-0.15, -0.1) is 0 Å². The fourth-order valence-electron chi connectivity index (χ4n) is 9.07. The van der Waals surface area contributed by atoms with Crippen molar-refractivity contribution in [2.45, 2.75) is 74.7 Å². The van der Waals surface area contributed by atoms with Gasteiger partial charge in [0.1, 0.15) is 11.3 Å². The number of hydrogen-bond acceptors (Lipinski definition) is 7. The molecule has 0 atom stereocenters. The number of fused-ring (bicyclic) bond motifs is 2. The standard InChI is InChI=1S/C32H34F6N4O5/c33-30(34,35)5-8-47-21-1-2-24-23(14-21)29(3-6-46-7-4-29)16-42(24)28-39-15-22(25(40-28)32(36,37)38)26(43)41-31(27(44)45)19-10-17-9-18(12-19)13-20(31)11-17/h1-2,14-15,17-20H,3-13,16H2,(H,41,43)(H,44,45). The Balaban J connectivity index is 1.21. The third-order valence-corrected chi connectivity index (χ3v) is 11.0. The van der Waals surface area contributed by atoms with Gasteiger partial charge in [-0.2, -0.15) is 26.3 Å². The van der Waals surface area contributed by atoms with Crippen LogP contribution in [-0.4, -0.2) is 65.0 Å². The molecule has 2 N–H and O–H groups in total. The lowest BCUT2D eigenvalue weighted by Gasteiger charge is -2.59. The highest BCUT2D eigenvalue weighted by molar-refractivity contribution is 5.99. The first kappa shape index (κ1) is 32.0. The quantitative estimate of drug-likeness (QED) is 0.344. The zero-order valence-electron chi connectivity index (χ0n) is 25.3. The summed E-state index contributed by atoms with van der Waals surface area (Å²) in [6, 6.07) is 4.62. The van der Waals surface area contributed by atoms with E-state index >= 15 is 0 Å². The number of alkyl halides is 6. The Bertz CT molecular complexity index is 1550. The van der Waals surface area contributed by atoms with Gasteiger partial charge in [-0.3, -0.25) is 4.79 Å². The number of anilines is 2. The molecule has 6 aliphatic rings. The summed E-state index contributed by atoms with van der Waals surface area (Å²) < 4.78 is 92.7. The van der Waals surface area contributed by atoms with Gasteiger partial charge >= 0.3 is 18.3 Å². The van der Waals surface area contributed by atoms with E-state index in [-0.39, 0.29) is 30.1 Å². The summed E-state index contributed by atoms with van der Waals surface area (Å²) in [5.74, 6) is -2.54. The van der Waals surface area contributed by atoms with E-state index in [1.54, 1.807) is 12.1 Å². The Morgan fingerprint density at radius 3 is 2.28 bits per heavy atom. The number of aliphatic carboxylic acids is 1. The molecule has 254 valence electrons. The van der Waals surface area contributed by atoms with Crippen molar-refractivity contribution in [3.63, 3.8) is 0 Å². The molecule has 1 spiro atoms. The molecule has 3 heterocycles. The number of ether oxygens (including phenoxy) is 2. The molecular formula is C32H34F6N4O5. The van der Waals surface area contributed by atoms with Crippen molar-refractivity contribution in [1.29, 1.82) is 0 Å². The lowest BCUT2D eigenvalue weighted by atomic mass is 9.48. The van der Waals surface area contributed by atoms with Crippen molar-refractivity contribution in [2.75, 3.05) is 31.3 Å². The van der Waals surface area contributed by atoms with Crippen molar-refractivity contribution < 1.29 is 50.5 Å². The van der Waals surface area contributed by atoms with Crippen molar-refractivity contribution in [3.05, 3.63) is 41.2 Å². The van der Waals surface area contributed by atoms with Crippen LogP contribution in [0.15, 0.2) is 24.4 Å². The van der Waals surface area contributed by atoms with Crippen LogP contribution in [0, 0.1) is 23.7 Å². The number of nitrogens with zero attached hydrogens (tertiary/aromatic N) is 3. The molecule has 1 aromatic heterocycles. The topological polar surface area (TPSA) is 114 Å². The number of aromatic nitrogens is 2. The SMILES string of the molecule is O=C(NC1(C(=O)O)C2CC3CC(C2)CC1C3)c1cnc(N2CC3(CCOCC3)c3cc(OCCC(F)(F)F)ccc32)nc1C(F)(F)F. The van der Waals surface area contributed by atoms with Gasteiger partial charge in [-0.25, -0.2) is 14.8 Å². The van der Waals surface area contributed by atoms with Gasteiger partial charge in [0.2, 0.25) is 5.95 Å². The highest BCUT2D eigenvalue weighted by atomic mass is 19.4. The lowest BCUT2D eigenvalue weighted by molar-refractivity contribution is -0.163. The monoisotopic (exact) mass is 668 g/mol. The van der Waals surface area contributed by atoms with Gasteiger partial charge in [-0.05, 0) is 92.4 Å². The van der Waals surface area contributed by atoms with Crippen LogP contribution in [0.25, 0.3) is 0 Å². The summed E-state index contributed by atoms with van der Waals surface area (Å²) in [6.45, 7) is 0.327. The third-order valence-electron chi connectivity index (χ3n) is 11.0. The maximum atomic E-state index is 14.6. The van der Waals surface area contributed by atoms with Crippen molar-refractivity contribution in [1.82, 2.24) is 15.3 Å². The molecule has 9 nitrogen and oxygen atoms in total. The molecule has 15 heteroatoms. The summed E-state index contributed by atoms with van der Waals surface area (Å²) in [4.78, 5) is 35.9. The second-order valence-electron chi connectivity index (χ2n) is 13.7. The minimum absolute atomic E-state index is 0.175. The molecule has 4 saturated carbocycles. The van der Waals surface area contributed by atoms with Gasteiger partial charge in [0.25, 0.3) is 5.91 Å². The minimum Gasteiger partial charge on any atom is -0.493 e. The molecule has 0 unspecified atom stereocenters. The summed E-state index contributed by atoms with van der Waals surface area (Å²) in [6.07, 6.45) is -5.36. The Labute approximate surface area is 266 Å². The average molecular weight is 669 g/mol. The lowest BCUT2D eigenvalue weighted by Crippen LogP contribution is -2.70. The number of carbonyl (C=O) groups excluding carboxylic acids is 1. The smallest absolute Gasteiger partial charge is 0.434 e. The Morgan fingerprint density at radius 2 is 1.68 bits per heavy atom. The van der Waals surface area contributed by atoms with Crippen LogP contribution in [0.5, 0.6) is 5.75 Å². The van der Waals surface area contributed by atoms with E-state index in [1.807, 2.05) is 0 Å². The second kappa shape index (κ2) is 11.2. The number of benzene rings is 1. The fraction of sp³-hybridized carbons (Fsp3) is 0.625. The third kappa shape index (κ3) is 5.57. The highest BCUT2D eigenvalue weighted by Gasteiger charge is 2.62. The van der Waals surface area contributed by atoms with E-state index in [9.17, 15) is 41.0 Å². The number of hydrogen-bond donors (Lipinski definition) is 2. The predicted molar refractivity (Wildman–Crippen MR) is 153 cm³/mol. The summed E-state index contributed by atoms with van der Waals surface area (Å²) in [5.41, 5.74) is -3.46.